The molecule has 0 saturated heterocycles. The van der Waals surface area contributed by atoms with E-state index in [1.165, 1.54) is 0 Å². The van der Waals surface area contributed by atoms with Crippen LogP contribution in [0.1, 0.15) is 18.5 Å². The van der Waals surface area contributed by atoms with Crippen LogP contribution in [-0.4, -0.2) is 9.55 Å². The van der Waals surface area contributed by atoms with E-state index in [4.69, 9.17) is 0 Å². The molecule has 0 saturated carbocycles. The van der Waals surface area contributed by atoms with E-state index in [1.807, 2.05) is 55.5 Å². The SMILES string of the molecule is CC(c1ccccc1)n1cnc2ccc(Br)cc2c1=O. The van der Waals surface area contributed by atoms with Crippen molar-refractivity contribution in [1.82, 2.24) is 9.55 Å². The highest BCUT2D eigenvalue weighted by molar-refractivity contribution is 9.10. The van der Waals surface area contributed by atoms with Crippen LogP contribution in [0.15, 0.2) is 64.1 Å². The van der Waals surface area contributed by atoms with Gasteiger partial charge in [0.25, 0.3) is 5.56 Å². The van der Waals surface area contributed by atoms with Crippen molar-refractivity contribution in [1.29, 1.82) is 0 Å². The monoisotopic (exact) mass is 328 g/mol. The third kappa shape index (κ3) is 2.27. The quantitative estimate of drug-likeness (QED) is 0.717. The molecule has 0 aliphatic rings. The number of benzene rings is 2. The fourth-order valence-corrected chi connectivity index (χ4v) is 2.64. The summed E-state index contributed by atoms with van der Waals surface area (Å²) in [5, 5.41) is 0.629. The summed E-state index contributed by atoms with van der Waals surface area (Å²) in [5.74, 6) is 0. The van der Waals surface area contributed by atoms with Gasteiger partial charge in [-0.25, -0.2) is 4.98 Å². The molecule has 0 spiro atoms. The lowest BCUT2D eigenvalue weighted by Gasteiger charge is -2.15. The Bertz CT molecular complexity index is 812. The van der Waals surface area contributed by atoms with Crippen molar-refractivity contribution in [2.24, 2.45) is 0 Å². The second-order valence-electron chi connectivity index (χ2n) is 4.71. The summed E-state index contributed by atoms with van der Waals surface area (Å²) in [6.45, 7) is 2.00. The summed E-state index contributed by atoms with van der Waals surface area (Å²) >= 11 is 3.40. The van der Waals surface area contributed by atoms with Gasteiger partial charge in [0.1, 0.15) is 0 Å². The van der Waals surface area contributed by atoms with E-state index in [0.717, 1.165) is 15.6 Å². The summed E-state index contributed by atoms with van der Waals surface area (Å²) in [4.78, 5) is 17.0. The first-order valence-corrected chi connectivity index (χ1v) is 7.17. The summed E-state index contributed by atoms with van der Waals surface area (Å²) in [6, 6.07) is 15.5. The third-order valence-corrected chi connectivity index (χ3v) is 3.94. The molecular weight excluding hydrogens is 316 g/mol. The minimum absolute atomic E-state index is 0.0207. The first kappa shape index (κ1) is 13.1. The molecule has 1 aromatic heterocycles. The van der Waals surface area contributed by atoms with Gasteiger partial charge >= 0.3 is 0 Å². The molecule has 0 aliphatic heterocycles. The maximum Gasteiger partial charge on any atom is 0.261 e. The predicted molar refractivity (Wildman–Crippen MR) is 84.0 cm³/mol. The summed E-state index contributed by atoms with van der Waals surface area (Å²) < 4.78 is 2.55. The van der Waals surface area contributed by atoms with Crippen LogP contribution in [-0.2, 0) is 0 Å². The lowest BCUT2D eigenvalue weighted by molar-refractivity contribution is 0.609. The molecule has 0 radical (unpaired) electrons. The normalized spacial score (nSPS) is 12.5. The number of hydrogen-bond donors (Lipinski definition) is 0. The Morgan fingerprint density at radius 2 is 1.90 bits per heavy atom. The first-order chi connectivity index (χ1) is 9.66. The highest BCUT2D eigenvalue weighted by Crippen LogP contribution is 2.18. The van der Waals surface area contributed by atoms with Gasteiger partial charge in [-0.3, -0.25) is 9.36 Å². The van der Waals surface area contributed by atoms with E-state index in [2.05, 4.69) is 20.9 Å². The van der Waals surface area contributed by atoms with Gasteiger partial charge in [0.05, 0.1) is 23.3 Å². The predicted octanol–water partition coefficient (Wildman–Crippen LogP) is 3.77. The van der Waals surface area contributed by atoms with Crippen molar-refractivity contribution in [3.8, 4) is 0 Å². The fraction of sp³-hybridized carbons (Fsp3) is 0.125. The van der Waals surface area contributed by atoms with Crippen LogP contribution in [0, 0.1) is 0 Å². The number of fused-ring (bicyclic) bond motifs is 1. The van der Waals surface area contributed by atoms with E-state index >= 15 is 0 Å². The van der Waals surface area contributed by atoms with E-state index < -0.39 is 0 Å². The fourth-order valence-electron chi connectivity index (χ4n) is 2.28. The molecule has 0 fully saturated rings. The Balaban J connectivity index is 2.18. The maximum absolute atomic E-state index is 12.6. The number of halogens is 1. The Morgan fingerprint density at radius 3 is 2.65 bits per heavy atom. The van der Waals surface area contributed by atoms with Crippen LogP contribution in [0.25, 0.3) is 10.9 Å². The lowest BCUT2D eigenvalue weighted by Crippen LogP contribution is -2.24. The second-order valence-corrected chi connectivity index (χ2v) is 5.62. The van der Waals surface area contributed by atoms with Crippen LogP contribution in [0.2, 0.25) is 0 Å². The van der Waals surface area contributed by atoms with Gasteiger partial charge < -0.3 is 0 Å². The molecule has 3 nitrogen and oxygen atoms in total. The largest absolute Gasteiger partial charge is 0.291 e. The highest BCUT2D eigenvalue weighted by atomic mass is 79.9. The molecular formula is C16H13BrN2O. The molecule has 20 heavy (non-hydrogen) atoms. The number of hydrogen-bond acceptors (Lipinski definition) is 2. The molecule has 2 aromatic carbocycles. The molecule has 1 atom stereocenters. The zero-order valence-corrected chi connectivity index (χ0v) is 12.5. The van der Waals surface area contributed by atoms with Gasteiger partial charge in [0, 0.05) is 4.47 Å². The Kier molecular flexibility index (Phi) is 3.40. The van der Waals surface area contributed by atoms with Gasteiger partial charge in [-0.1, -0.05) is 46.3 Å². The molecule has 0 amide bonds. The van der Waals surface area contributed by atoms with E-state index in [9.17, 15) is 4.79 Å². The number of rotatable bonds is 2. The van der Waals surface area contributed by atoms with E-state index in [0.29, 0.717) is 5.39 Å². The summed E-state index contributed by atoms with van der Waals surface area (Å²) in [7, 11) is 0. The van der Waals surface area contributed by atoms with Gasteiger partial charge in [-0.2, -0.15) is 0 Å². The van der Waals surface area contributed by atoms with Crippen LogP contribution >= 0.6 is 15.9 Å². The lowest BCUT2D eigenvalue weighted by atomic mass is 10.1. The minimum atomic E-state index is -0.0421. The van der Waals surface area contributed by atoms with Crippen molar-refractivity contribution in [2.75, 3.05) is 0 Å². The first-order valence-electron chi connectivity index (χ1n) is 6.38. The summed E-state index contributed by atoms with van der Waals surface area (Å²) in [5.41, 5.74) is 1.79. The third-order valence-electron chi connectivity index (χ3n) is 3.44. The Morgan fingerprint density at radius 1 is 1.15 bits per heavy atom. The van der Waals surface area contributed by atoms with Gasteiger partial charge in [-0.15, -0.1) is 0 Å². The van der Waals surface area contributed by atoms with Gasteiger partial charge in [0.15, 0.2) is 0 Å². The molecule has 0 N–H and O–H groups in total. The van der Waals surface area contributed by atoms with Crippen molar-refractivity contribution < 1.29 is 0 Å². The van der Waals surface area contributed by atoms with E-state index in [1.54, 1.807) is 10.9 Å². The van der Waals surface area contributed by atoms with Crippen LogP contribution in [0.4, 0.5) is 0 Å². The molecule has 4 heteroatoms. The number of aromatic nitrogens is 2. The molecule has 0 aliphatic carbocycles. The average molecular weight is 329 g/mol. The van der Waals surface area contributed by atoms with Crippen molar-refractivity contribution in [3.05, 3.63) is 75.2 Å². The van der Waals surface area contributed by atoms with Gasteiger partial charge in [0.2, 0.25) is 0 Å². The van der Waals surface area contributed by atoms with Crippen LogP contribution < -0.4 is 5.56 Å². The Hall–Kier alpha value is -1.94. The molecule has 3 rings (SSSR count). The van der Waals surface area contributed by atoms with Crippen LogP contribution in [0.5, 0.6) is 0 Å². The summed E-state index contributed by atoms with van der Waals surface area (Å²) in [6.07, 6.45) is 1.62. The van der Waals surface area contributed by atoms with Crippen molar-refractivity contribution in [3.63, 3.8) is 0 Å². The molecule has 0 bridgehead atoms. The molecule has 100 valence electrons. The van der Waals surface area contributed by atoms with E-state index in [-0.39, 0.29) is 11.6 Å². The molecule has 1 unspecified atom stereocenters. The van der Waals surface area contributed by atoms with Crippen molar-refractivity contribution in [2.45, 2.75) is 13.0 Å². The standard InChI is InChI=1S/C16H13BrN2O/c1-11(12-5-3-2-4-6-12)19-10-18-15-8-7-13(17)9-14(15)16(19)20/h2-11H,1H3. The van der Waals surface area contributed by atoms with Gasteiger partial charge in [-0.05, 0) is 30.7 Å². The Labute approximate surface area is 125 Å². The zero-order valence-electron chi connectivity index (χ0n) is 11.0. The zero-order chi connectivity index (χ0) is 14.1. The molecule has 1 heterocycles. The average Bonchev–Trinajstić information content (AvgIpc) is 2.48. The van der Waals surface area contributed by atoms with Crippen molar-refractivity contribution >= 4 is 26.8 Å². The second kappa shape index (κ2) is 5.21. The molecule has 3 aromatic rings. The maximum atomic E-state index is 12.6. The number of nitrogens with zero attached hydrogens (tertiary/aromatic N) is 2. The minimum Gasteiger partial charge on any atom is -0.291 e. The van der Waals surface area contributed by atoms with Crippen LogP contribution in [0.3, 0.4) is 0 Å². The highest BCUT2D eigenvalue weighted by Gasteiger charge is 2.11. The smallest absolute Gasteiger partial charge is 0.261 e. The topological polar surface area (TPSA) is 34.9 Å².